The molecule has 4 rings (SSSR count). The summed E-state index contributed by atoms with van der Waals surface area (Å²) in [5, 5.41) is 4.35. The van der Waals surface area contributed by atoms with E-state index >= 15 is 0 Å². The first-order valence-corrected chi connectivity index (χ1v) is 15.8. The Morgan fingerprint density at radius 3 is 1.32 bits per heavy atom. The zero-order chi connectivity index (χ0) is 32.7. The molecular formula is C30H40N4O8S2. The van der Waals surface area contributed by atoms with Gasteiger partial charge in [0, 0.05) is 36.9 Å². The van der Waals surface area contributed by atoms with Gasteiger partial charge < -0.3 is 28.7 Å². The highest BCUT2D eigenvalue weighted by molar-refractivity contribution is 7.12. The van der Waals surface area contributed by atoms with Crippen molar-refractivity contribution in [2.24, 2.45) is 0 Å². The summed E-state index contributed by atoms with van der Waals surface area (Å²) in [5.41, 5.74) is 2.62. The largest absolute Gasteiger partial charge is 0.464 e. The van der Waals surface area contributed by atoms with Gasteiger partial charge in [-0.3, -0.25) is 0 Å². The lowest BCUT2D eigenvalue weighted by atomic mass is 10.1. The highest BCUT2D eigenvalue weighted by atomic mass is 32.1. The van der Waals surface area contributed by atoms with E-state index in [0.717, 1.165) is 22.5 Å². The van der Waals surface area contributed by atoms with Crippen molar-refractivity contribution in [3.05, 3.63) is 44.3 Å². The van der Waals surface area contributed by atoms with Crippen LogP contribution in [0.5, 0.6) is 0 Å². The molecule has 240 valence electrons. The van der Waals surface area contributed by atoms with Crippen LogP contribution in [0.15, 0.2) is 22.9 Å². The van der Waals surface area contributed by atoms with Crippen LogP contribution in [0.4, 0.5) is 9.59 Å². The van der Waals surface area contributed by atoms with Crippen LogP contribution in [0.1, 0.15) is 85.4 Å². The van der Waals surface area contributed by atoms with Gasteiger partial charge in [-0.2, -0.15) is 0 Å². The molecule has 0 aromatic carbocycles. The molecule has 0 radical (unpaired) electrons. The Morgan fingerprint density at radius 1 is 0.682 bits per heavy atom. The van der Waals surface area contributed by atoms with Crippen LogP contribution in [0.3, 0.4) is 0 Å². The monoisotopic (exact) mass is 648 g/mol. The third-order valence-electron chi connectivity index (χ3n) is 6.11. The van der Waals surface area contributed by atoms with Crippen molar-refractivity contribution in [3.8, 4) is 0 Å². The van der Waals surface area contributed by atoms with Gasteiger partial charge in [0.25, 0.3) is 0 Å². The first-order chi connectivity index (χ1) is 20.6. The highest BCUT2D eigenvalue weighted by Gasteiger charge is 2.26. The zero-order valence-corrected chi connectivity index (χ0v) is 28.1. The van der Waals surface area contributed by atoms with Gasteiger partial charge in [0.2, 0.25) is 10.0 Å². The number of carbonyl (C=O) groups excluding carboxylic acids is 4. The second kappa shape index (κ2) is 14.8. The van der Waals surface area contributed by atoms with E-state index in [1.54, 1.807) is 9.80 Å². The topological polar surface area (TPSA) is 137 Å². The van der Waals surface area contributed by atoms with Crippen LogP contribution >= 0.6 is 22.7 Å². The third kappa shape index (κ3) is 10.2. The van der Waals surface area contributed by atoms with Gasteiger partial charge >= 0.3 is 24.1 Å². The van der Waals surface area contributed by atoms with E-state index in [1.165, 1.54) is 36.9 Å². The summed E-state index contributed by atoms with van der Waals surface area (Å²) in [6, 6.07) is 0. The average molecular weight is 649 g/mol. The minimum absolute atomic E-state index is 0.309. The summed E-state index contributed by atoms with van der Waals surface area (Å²) in [7, 11) is 2.67. The average Bonchev–Trinajstić information content (AvgIpc) is 3.66. The summed E-state index contributed by atoms with van der Waals surface area (Å²) in [6.07, 6.45) is 4.65. The van der Waals surface area contributed by atoms with Gasteiger partial charge in [0.15, 0.2) is 0 Å². The molecule has 0 saturated carbocycles. The molecule has 14 heteroatoms. The minimum Gasteiger partial charge on any atom is -0.464 e. The van der Waals surface area contributed by atoms with E-state index in [2.05, 4.69) is 19.4 Å². The van der Waals surface area contributed by atoms with Crippen molar-refractivity contribution in [2.75, 3.05) is 40.4 Å². The fourth-order valence-corrected chi connectivity index (χ4v) is 5.51. The zero-order valence-electron chi connectivity index (χ0n) is 26.4. The maximum atomic E-state index is 12.0. The van der Waals surface area contributed by atoms with E-state index in [1.807, 2.05) is 64.5 Å². The Morgan fingerprint density at radius 2 is 1.05 bits per heavy atom. The first-order valence-electron chi connectivity index (χ1n) is 14.0. The molecule has 0 N–H and O–H groups in total. The number of aromatic nitrogens is 2. The predicted molar refractivity (Wildman–Crippen MR) is 168 cm³/mol. The van der Waals surface area contributed by atoms with Crippen molar-refractivity contribution >= 4 is 57.9 Å². The Balaban J connectivity index is 0.000000240. The van der Waals surface area contributed by atoms with Crippen LogP contribution < -0.4 is 0 Å². The molecule has 0 spiro atoms. The fraction of sp³-hybridized carbons (Fsp3) is 0.533. The van der Waals surface area contributed by atoms with Gasteiger partial charge in [-0.25, -0.2) is 29.1 Å². The predicted octanol–water partition coefficient (Wildman–Crippen LogP) is 5.91. The number of rotatable bonds is 4. The maximum absolute atomic E-state index is 12.0. The molecule has 0 fully saturated rings. The molecule has 2 aliphatic rings. The molecule has 0 aliphatic carbocycles. The SMILES string of the molecule is COC(=O)c1nc(C2=CCN(C(=O)OC(C)(C)C)CC2)cs1.COC(=O)c1nc(C2=CCN(C(=O)OC(C)(C)C)CC2)cs1. The minimum atomic E-state index is -0.495. The van der Waals surface area contributed by atoms with E-state index in [0.29, 0.717) is 49.0 Å². The lowest BCUT2D eigenvalue weighted by Gasteiger charge is -2.29. The Hall–Kier alpha value is -3.78. The number of methoxy groups -OCH3 is 2. The van der Waals surface area contributed by atoms with Crippen LogP contribution in [-0.2, 0) is 18.9 Å². The van der Waals surface area contributed by atoms with Crippen LogP contribution in [0.25, 0.3) is 11.1 Å². The number of ether oxygens (including phenoxy) is 4. The van der Waals surface area contributed by atoms with Crippen molar-refractivity contribution in [2.45, 2.75) is 65.6 Å². The van der Waals surface area contributed by atoms with Gasteiger partial charge in [-0.1, -0.05) is 12.2 Å². The van der Waals surface area contributed by atoms with Gasteiger partial charge in [0.1, 0.15) is 11.2 Å². The number of hydrogen-bond donors (Lipinski definition) is 0. The lowest BCUT2D eigenvalue weighted by molar-refractivity contribution is 0.0260. The molecule has 2 amide bonds. The standard InChI is InChI=1S/2C15H20N2O4S/c2*1-15(2,3)21-14(19)17-7-5-10(6-8-17)11-9-22-12(16-11)13(18)20-4/h2*5,9H,6-8H2,1-4H3. The molecule has 4 heterocycles. The van der Waals surface area contributed by atoms with Gasteiger partial charge in [-0.05, 0) is 65.5 Å². The molecule has 12 nitrogen and oxygen atoms in total. The maximum Gasteiger partial charge on any atom is 0.410 e. The molecule has 0 saturated heterocycles. The number of thiazole rings is 2. The summed E-state index contributed by atoms with van der Waals surface area (Å²) >= 11 is 2.52. The van der Waals surface area contributed by atoms with Crippen LogP contribution in [-0.4, -0.2) is 95.5 Å². The summed E-state index contributed by atoms with van der Waals surface area (Å²) in [5.74, 6) is -0.855. The van der Waals surface area contributed by atoms with Gasteiger partial charge in [-0.15, -0.1) is 22.7 Å². The number of hydrogen-bond acceptors (Lipinski definition) is 12. The molecule has 2 aromatic heterocycles. The summed E-state index contributed by atoms with van der Waals surface area (Å²) < 4.78 is 20.0. The Bertz CT molecular complexity index is 1310. The van der Waals surface area contributed by atoms with Crippen molar-refractivity contribution < 1.29 is 38.1 Å². The van der Waals surface area contributed by atoms with Crippen LogP contribution in [0, 0.1) is 0 Å². The molecule has 2 aromatic rings. The van der Waals surface area contributed by atoms with Crippen molar-refractivity contribution in [1.29, 1.82) is 0 Å². The Labute approximate surface area is 265 Å². The normalized spacial score (nSPS) is 15.3. The van der Waals surface area contributed by atoms with E-state index in [4.69, 9.17) is 9.47 Å². The second-order valence-corrected chi connectivity index (χ2v) is 13.6. The van der Waals surface area contributed by atoms with Crippen molar-refractivity contribution in [3.63, 3.8) is 0 Å². The smallest absolute Gasteiger partial charge is 0.410 e. The lowest BCUT2D eigenvalue weighted by Crippen LogP contribution is -2.39. The molecule has 0 atom stereocenters. The number of esters is 2. The molecular weight excluding hydrogens is 608 g/mol. The Kier molecular flexibility index (Phi) is 11.7. The van der Waals surface area contributed by atoms with E-state index in [9.17, 15) is 19.2 Å². The number of carbonyl (C=O) groups is 4. The third-order valence-corrected chi connectivity index (χ3v) is 7.75. The number of nitrogens with zero attached hydrogens (tertiary/aromatic N) is 4. The molecule has 2 aliphatic heterocycles. The highest BCUT2D eigenvalue weighted by Crippen LogP contribution is 2.26. The molecule has 0 bridgehead atoms. The van der Waals surface area contributed by atoms with E-state index in [-0.39, 0.29) is 12.2 Å². The van der Waals surface area contributed by atoms with E-state index < -0.39 is 23.1 Å². The first kappa shape index (κ1) is 34.7. The second-order valence-electron chi connectivity index (χ2n) is 11.9. The summed E-state index contributed by atoms with van der Waals surface area (Å²) in [6.45, 7) is 13.2. The summed E-state index contributed by atoms with van der Waals surface area (Å²) in [4.78, 5) is 58.7. The van der Waals surface area contributed by atoms with Crippen LogP contribution in [0.2, 0.25) is 0 Å². The van der Waals surface area contributed by atoms with Crippen molar-refractivity contribution in [1.82, 2.24) is 19.8 Å². The quantitative estimate of drug-likeness (QED) is 0.291. The van der Waals surface area contributed by atoms with Gasteiger partial charge in [0.05, 0.1) is 25.6 Å². The molecule has 44 heavy (non-hydrogen) atoms. The fourth-order valence-electron chi connectivity index (χ4n) is 3.99. The number of amides is 2. The molecule has 0 unspecified atom stereocenters.